The van der Waals surface area contributed by atoms with Crippen LogP contribution in [0.5, 0.6) is 0 Å². The van der Waals surface area contributed by atoms with E-state index in [9.17, 15) is 22.4 Å². The van der Waals surface area contributed by atoms with Gasteiger partial charge in [-0.05, 0) is 19.4 Å². The van der Waals surface area contributed by atoms with Crippen molar-refractivity contribution in [3.05, 3.63) is 0 Å². The quantitative estimate of drug-likeness (QED) is 0.580. The molecule has 122 valence electrons. The van der Waals surface area contributed by atoms with E-state index in [1.165, 1.54) is 7.11 Å². The first-order valence-corrected chi connectivity index (χ1v) is 7.32. The third-order valence-electron chi connectivity index (χ3n) is 4.51. The third-order valence-corrected chi connectivity index (χ3v) is 4.51. The van der Waals surface area contributed by atoms with Gasteiger partial charge in [-0.1, -0.05) is 0 Å². The number of rotatable bonds is 2. The van der Waals surface area contributed by atoms with Gasteiger partial charge in [-0.3, -0.25) is 9.69 Å². The van der Waals surface area contributed by atoms with Crippen molar-refractivity contribution in [3.63, 3.8) is 0 Å². The van der Waals surface area contributed by atoms with Gasteiger partial charge in [0.05, 0.1) is 13.0 Å². The molecule has 0 aromatic rings. The summed E-state index contributed by atoms with van der Waals surface area (Å²) in [6, 6.07) is -0.425. The van der Waals surface area contributed by atoms with Crippen LogP contribution < -0.4 is 0 Å². The molecule has 2 rings (SSSR count). The molecule has 1 aliphatic carbocycles. The Morgan fingerprint density at radius 2 is 1.81 bits per heavy atom. The van der Waals surface area contributed by atoms with Crippen LogP contribution in [-0.4, -0.2) is 49.0 Å². The minimum Gasteiger partial charge on any atom is -0.469 e. The first-order chi connectivity index (χ1) is 9.74. The van der Waals surface area contributed by atoms with Crippen LogP contribution in [0.1, 0.15) is 38.5 Å². The zero-order chi connectivity index (χ0) is 15.7. The number of ether oxygens (including phenoxy) is 1. The average Bonchev–Trinajstić information content (AvgIpc) is 2.58. The highest BCUT2D eigenvalue weighted by Gasteiger charge is 2.47. The summed E-state index contributed by atoms with van der Waals surface area (Å²) in [6.45, 7) is 0.552. The van der Waals surface area contributed by atoms with Gasteiger partial charge in [0.1, 0.15) is 0 Å². The normalized spacial score (nSPS) is 33.2. The predicted octanol–water partition coefficient (Wildman–Crippen LogP) is 3.08. The summed E-state index contributed by atoms with van der Waals surface area (Å²) in [4.78, 5) is 13.6. The maximum atomic E-state index is 13.5. The van der Waals surface area contributed by atoms with Gasteiger partial charge >= 0.3 is 5.97 Å². The highest BCUT2D eigenvalue weighted by atomic mass is 19.3. The van der Waals surface area contributed by atoms with Crippen molar-refractivity contribution < 1.29 is 27.1 Å². The fourth-order valence-electron chi connectivity index (χ4n) is 3.37. The lowest BCUT2D eigenvalue weighted by atomic mass is 9.81. The van der Waals surface area contributed by atoms with Crippen molar-refractivity contribution >= 4 is 5.97 Å². The summed E-state index contributed by atoms with van der Waals surface area (Å²) < 4.78 is 58.6. The van der Waals surface area contributed by atoms with Crippen LogP contribution in [-0.2, 0) is 9.53 Å². The second-order valence-electron chi connectivity index (χ2n) is 6.04. The Hall–Kier alpha value is -0.850. The highest BCUT2D eigenvalue weighted by Crippen LogP contribution is 2.40. The van der Waals surface area contributed by atoms with Crippen LogP contribution in [0.3, 0.4) is 0 Å². The number of esters is 1. The lowest BCUT2D eigenvalue weighted by Crippen LogP contribution is -2.50. The summed E-state index contributed by atoms with van der Waals surface area (Å²) in [6.07, 6.45) is -0.884. The molecule has 3 nitrogen and oxygen atoms in total. The molecule has 0 aromatic heterocycles. The summed E-state index contributed by atoms with van der Waals surface area (Å²) in [5, 5.41) is 0. The molecule has 1 heterocycles. The monoisotopic (exact) mass is 311 g/mol. The Bertz CT molecular complexity index is 389. The molecule has 2 unspecified atom stereocenters. The predicted molar refractivity (Wildman–Crippen MR) is 68.5 cm³/mol. The van der Waals surface area contributed by atoms with Crippen LogP contribution in [0.2, 0.25) is 0 Å². The summed E-state index contributed by atoms with van der Waals surface area (Å²) in [5.74, 6) is -7.19. The smallest absolute Gasteiger partial charge is 0.310 e. The number of hydrogen-bond donors (Lipinski definition) is 0. The molecule has 0 aromatic carbocycles. The number of carbonyl (C=O) groups excluding carboxylic acids is 1. The van der Waals surface area contributed by atoms with Crippen LogP contribution in [0, 0.1) is 5.92 Å². The second kappa shape index (κ2) is 6.10. The first kappa shape index (κ1) is 16.5. The fourth-order valence-corrected chi connectivity index (χ4v) is 3.37. The van der Waals surface area contributed by atoms with Gasteiger partial charge in [-0.25, -0.2) is 17.6 Å². The number of hydrogen-bond acceptors (Lipinski definition) is 3. The van der Waals surface area contributed by atoms with Crippen molar-refractivity contribution in [1.82, 2.24) is 4.90 Å². The van der Waals surface area contributed by atoms with Gasteiger partial charge in [-0.2, -0.15) is 0 Å². The molecular weight excluding hydrogens is 290 g/mol. The van der Waals surface area contributed by atoms with E-state index in [1.807, 2.05) is 0 Å². The Balaban J connectivity index is 2.10. The van der Waals surface area contributed by atoms with Crippen molar-refractivity contribution in [1.29, 1.82) is 0 Å². The molecule has 2 aliphatic rings. The largest absolute Gasteiger partial charge is 0.469 e. The summed E-state index contributed by atoms with van der Waals surface area (Å²) in [5.41, 5.74) is 0. The maximum Gasteiger partial charge on any atom is 0.310 e. The molecule has 0 radical (unpaired) electrons. The molecule has 1 saturated heterocycles. The highest BCUT2D eigenvalue weighted by molar-refractivity contribution is 5.73. The fraction of sp³-hybridized carbons (Fsp3) is 0.929. The van der Waals surface area contributed by atoms with E-state index in [2.05, 4.69) is 4.74 Å². The number of carbonyl (C=O) groups is 1. The Labute approximate surface area is 121 Å². The molecule has 0 amide bonds. The number of likely N-dealkylation sites (tertiary alicyclic amines) is 1. The zero-order valence-electron chi connectivity index (χ0n) is 12.1. The Morgan fingerprint density at radius 3 is 2.48 bits per heavy atom. The van der Waals surface area contributed by atoms with Gasteiger partial charge in [0.25, 0.3) is 0 Å². The lowest BCUT2D eigenvalue weighted by Gasteiger charge is -2.40. The molecule has 2 atom stereocenters. The average molecular weight is 311 g/mol. The number of methoxy groups -OCH3 is 1. The number of alkyl halides is 4. The van der Waals surface area contributed by atoms with Crippen molar-refractivity contribution in [2.24, 2.45) is 5.92 Å². The van der Waals surface area contributed by atoms with E-state index in [0.29, 0.717) is 13.0 Å². The molecule has 21 heavy (non-hydrogen) atoms. The minimum absolute atomic E-state index is 0.136. The molecule has 2 fully saturated rings. The zero-order valence-corrected chi connectivity index (χ0v) is 12.1. The van der Waals surface area contributed by atoms with Crippen LogP contribution in [0.15, 0.2) is 0 Å². The molecule has 1 saturated carbocycles. The number of halogens is 4. The molecule has 1 aliphatic heterocycles. The van der Waals surface area contributed by atoms with Gasteiger partial charge < -0.3 is 4.74 Å². The van der Waals surface area contributed by atoms with E-state index >= 15 is 0 Å². The summed E-state index contributed by atoms with van der Waals surface area (Å²) in [7, 11) is 1.17. The van der Waals surface area contributed by atoms with Gasteiger partial charge in [0.2, 0.25) is 11.8 Å². The van der Waals surface area contributed by atoms with Crippen LogP contribution >= 0.6 is 0 Å². The minimum atomic E-state index is -2.88. The molecule has 0 N–H and O–H groups in total. The third kappa shape index (κ3) is 4.08. The first-order valence-electron chi connectivity index (χ1n) is 7.32. The lowest BCUT2D eigenvalue weighted by molar-refractivity contribution is -0.158. The van der Waals surface area contributed by atoms with Crippen LogP contribution in [0.4, 0.5) is 17.6 Å². The standard InChI is InChI=1S/C14H21F4NO2/c1-21-12(20)10-9-14(17,18)5-3-11(10)19-7-2-4-13(15,16)6-8-19/h10-11H,2-9H2,1H3. The molecule has 0 spiro atoms. The topological polar surface area (TPSA) is 29.5 Å². The maximum absolute atomic E-state index is 13.5. The molecule has 7 heteroatoms. The van der Waals surface area contributed by atoms with Gasteiger partial charge in [0.15, 0.2) is 0 Å². The van der Waals surface area contributed by atoms with E-state index in [1.54, 1.807) is 4.90 Å². The number of nitrogens with zero attached hydrogens (tertiary/aromatic N) is 1. The van der Waals surface area contributed by atoms with Gasteiger partial charge in [0, 0.05) is 38.3 Å². The van der Waals surface area contributed by atoms with Crippen molar-refractivity contribution in [3.8, 4) is 0 Å². The van der Waals surface area contributed by atoms with E-state index in [0.717, 1.165) is 0 Å². The SMILES string of the molecule is COC(=O)C1CC(F)(F)CCC1N1CCCC(F)(F)CC1. The van der Waals surface area contributed by atoms with E-state index in [4.69, 9.17) is 0 Å². The summed E-state index contributed by atoms with van der Waals surface area (Å²) >= 11 is 0. The molecular formula is C14H21F4NO2. The van der Waals surface area contributed by atoms with E-state index in [-0.39, 0.29) is 32.2 Å². The Morgan fingerprint density at radius 1 is 1.10 bits per heavy atom. The van der Waals surface area contributed by atoms with E-state index < -0.39 is 36.2 Å². The Kier molecular flexibility index (Phi) is 4.80. The molecule has 0 bridgehead atoms. The van der Waals surface area contributed by atoms with Crippen molar-refractivity contribution in [2.45, 2.75) is 56.4 Å². The second-order valence-corrected chi connectivity index (χ2v) is 6.04. The van der Waals surface area contributed by atoms with Gasteiger partial charge in [-0.15, -0.1) is 0 Å². The van der Waals surface area contributed by atoms with Crippen LogP contribution in [0.25, 0.3) is 0 Å². The van der Waals surface area contributed by atoms with Crippen molar-refractivity contribution in [2.75, 3.05) is 20.2 Å².